The lowest BCUT2D eigenvalue weighted by atomic mass is 10.0. The Morgan fingerprint density at radius 3 is 2.26 bits per heavy atom. The fourth-order valence-corrected chi connectivity index (χ4v) is 2.84. The largest absolute Gasteiger partial charge is 0.324 e. The van der Waals surface area contributed by atoms with Gasteiger partial charge in [-0.15, -0.1) is 0 Å². The molecule has 2 aromatic carbocycles. The molecule has 0 saturated carbocycles. The molecule has 1 N–H and O–H groups in total. The van der Waals surface area contributed by atoms with Crippen LogP contribution in [0, 0.1) is 13.8 Å². The molecule has 0 spiro atoms. The first-order valence-electron chi connectivity index (χ1n) is 7.73. The number of nitrogens with one attached hydrogen (secondary N) is 1. The van der Waals surface area contributed by atoms with E-state index >= 15 is 0 Å². The quantitative estimate of drug-likeness (QED) is 0.779. The molecule has 0 unspecified atom stereocenters. The molecule has 4 nitrogen and oxygen atoms in total. The monoisotopic (exact) mass is 302 g/mol. The molecule has 0 saturated heterocycles. The highest BCUT2D eigenvalue weighted by molar-refractivity contribution is 5.77. The first-order chi connectivity index (χ1) is 11.2. The fraction of sp³-hybridized carbons (Fsp3) is 0.158. The van der Waals surface area contributed by atoms with Gasteiger partial charge in [-0.2, -0.15) is 10.1 Å². The van der Waals surface area contributed by atoms with Crippen molar-refractivity contribution in [3.63, 3.8) is 0 Å². The summed E-state index contributed by atoms with van der Waals surface area (Å²) in [6.07, 6.45) is 3.80. The van der Waals surface area contributed by atoms with Gasteiger partial charge in [0.05, 0.1) is 0 Å². The molecule has 23 heavy (non-hydrogen) atoms. The molecule has 1 aliphatic rings. The van der Waals surface area contributed by atoms with E-state index in [2.05, 4.69) is 83.9 Å². The Morgan fingerprint density at radius 2 is 1.57 bits per heavy atom. The molecule has 2 heterocycles. The smallest absolute Gasteiger partial charge is 0.226 e. The number of benzene rings is 2. The van der Waals surface area contributed by atoms with E-state index in [0.29, 0.717) is 0 Å². The number of allylic oxidation sites excluding steroid dienone is 1. The second kappa shape index (κ2) is 5.39. The van der Waals surface area contributed by atoms with Crippen molar-refractivity contribution in [3.05, 3.63) is 83.2 Å². The second-order valence-corrected chi connectivity index (χ2v) is 5.96. The first-order valence-corrected chi connectivity index (χ1v) is 7.73. The van der Waals surface area contributed by atoms with Gasteiger partial charge in [0.2, 0.25) is 5.95 Å². The Bertz CT molecular complexity index is 857. The minimum Gasteiger partial charge on any atom is -0.324 e. The second-order valence-electron chi connectivity index (χ2n) is 5.96. The number of hydrogen-bond acceptors (Lipinski definition) is 3. The summed E-state index contributed by atoms with van der Waals surface area (Å²) in [4.78, 5) is 4.34. The van der Waals surface area contributed by atoms with Crippen LogP contribution in [0.3, 0.4) is 0 Å². The van der Waals surface area contributed by atoms with E-state index in [1.54, 1.807) is 6.33 Å². The number of fused-ring (bicyclic) bond motifs is 1. The Kier molecular flexibility index (Phi) is 3.23. The zero-order valence-corrected chi connectivity index (χ0v) is 13.2. The number of rotatable bonds is 2. The molecule has 0 bridgehead atoms. The van der Waals surface area contributed by atoms with Crippen LogP contribution in [0.15, 0.2) is 60.9 Å². The summed E-state index contributed by atoms with van der Waals surface area (Å²) in [5.41, 5.74) is 5.93. The Labute approximate surface area is 135 Å². The zero-order valence-electron chi connectivity index (χ0n) is 13.2. The van der Waals surface area contributed by atoms with E-state index in [-0.39, 0.29) is 6.04 Å². The normalized spacial score (nSPS) is 16.4. The highest BCUT2D eigenvalue weighted by atomic mass is 15.4. The van der Waals surface area contributed by atoms with Crippen molar-refractivity contribution in [3.8, 4) is 0 Å². The molecule has 1 aliphatic heterocycles. The topological polar surface area (TPSA) is 42.7 Å². The lowest BCUT2D eigenvalue weighted by molar-refractivity contribution is 0.612. The van der Waals surface area contributed by atoms with E-state index in [1.165, 1.54) is 16.7 Å². The molecule has 114 valence electrons. The maximum Gasteiger partial charge on any atom is 0.226 e. The first kappa shape index (κ1) is 13.8. The van der Waals surface area contributed by atoms with Crippen molar-refractivity contribution in [2.24, 2.45) is 0 Å². The van der Waals surface area contributed by atoms with Crippen molar-refractivity contribution in [1.29, 1.82) is 0 Å². The summed E-state index contributed by atoms with van der Waals surface area (Å²) in [7, 11) is 0. The minimum atomic E-state index is 0.0469. The van der Waals surface area contributed by atoms with E-state index in [9.17, 15) is 0 Å². The van der Waals surface area contributed by atoms with Crippen molar-refractivity contribution < 1.29 is 0 Å². The Morgan fingerprint density at radius 1 is 0.913 bits per heavy atom. The average Bonchev–Trinajstić information content (AvgIpc) is 3.04. The lowest BCUT2D eigenvalue weighted by Gasteiger charge is -2.24. The van der Waals surface area contributed by atoms with Gasteiger partial charge in [-0.05, 0) is 31.1 Å². The lowest BCUT2D eigenvalue weighted by Crippen LogP contribution is -2.20. The summed E-state index contributed by atoms with van der Waals surface area (Å²) in [6, 6.07) is 17.1. The van der Waals surface area contributed by atoms with Crippen LogP contribution >= 0.6 is 0 Å². The predicted octanol–water partition coefficient (Wildman–Crippen LogP) is 3.95. The van der Waals surface area contributed by atoms with Gasteiger partial charge in [0.1, 0.15) is 12.4 Å². The predicted molar refractivity (Wildman–Crippen MR) is 92.1 cm³/mol. The van der Waals surface area contributed by atoms with Crippen LogP contribution in [0.4, 0.5) is 5.95 Å². The van der Waals surface area contributed by atoms with Gasteiger partial charge in [-0.3, -0.25) is 0 Å². The number of aryl methyl sites for hydroxylation is 2. The van der Waals surface area contributed by atoms with E-state index in [4.69, 9.17) is 0 Å². The molecule has 4 heteroatoms. The molecule has 1 atom stereocenters. The molecule has 1 aromatic heterocycles. The van der Waals surface area contributed by atoms with Crippen LogP contribution in [0.1, 0.15) is 28.3 Å². The molecule has 4 rings (SSSR count). The van der Waals surface area contributed by atoms with Gasteiger partial charge < -0.3 is 5.32 Å². The molecular formula is C19H18N4. The van der Waals surface area contributed by atoms with Crippen LogP contribution in [-0.2, 0) is 0 Å². The van der Waals surface area contributed by atoms with E-state index < -0.39 is 0 Å². The third-order valence-corrected chi connectivity index (χ3v) is 4.19. The number of hydrogen-bond donors (Lipinski definition) is 1. The summed E-state index contributed by atoms with van der Waals surface area (Å²) in [5.74, 6) is 0.772. The highest BCUT2D eigenvalue weighted by Crippen LogP contribution is 2.31. The Balaban J connectivity index is 1.79. The standard InChI is InChI=1S/C19H18N4/c1-13-3-7-15(8-4-13)17-11-18(16-9-5-14(2)6-10-16)23-19(22-17)20-12-21-23/h3-12,18H,1-2H3,(H,20,21,22)/t18-/m0/s1. The van der Waals surface area contributed by atoms with Gasteiger partial charge in [-0.25, -0.2) is 4.68 Å². The van der Waals surface area contributed by atoms with Gasteiger partial charge in [0, 0.05) is 5.70 Å². The van der Waals surface area contributed by atoms with Crippen LogP contribution < -0.4 is 5.32 Å². The highest BCUT2D eigenvalue weighted by Gasteiger charge is 2.23. The average molecular weight is 302 g/mol. The molecule has 0 amide bonds. The zero-order chi connectivity index (χ0) is 15.8. The van der Waals surface area contributed by atoms with Crippen molar-refractivity contribution in [1.82, 2.24) is 14.8 Å². The van der Waals surface area contributed by atoms with Crippen molar-refractivity contribution in [2.45, 2.75) is 19.9 Å². The maximum atomic E-state index is 4.38. The molecule has 0 fully saturated rings. The number of aromatic nitrogens is 3. The van der Waals surface area contributed by atoms with Crippen LogP contribution in [0.25, 0.3) is 5.70 Å². The van der Waals surface area contributed by atoms with E-state index in [0.717, 1.165) is 17.2 Å². The van der Waals surface area contributed by atoms with Crippen LogP contribution in [-0.4, -0.2) is 14.8 Å². The Hall–Kier alpha value is -2.88. The molecule has 0 radical (unpaired) electrons. The van der Waals surface area contributed by atoms with Gasteiger partial charge in [-0.1, -0.05) is 59.7 Å². The summed E-state index contributed by atoms with van der Waals surface area (Å²) >= 11 is 0. The van der Waals surface area contributed by atoms with Gasteiger partial charge in [0.25, 0.3) is 0 Å². The van der Waals surface area contributed by atoms with Crippen LogP contribution in [0.2, 0.25) is 0 Å². The maximum absolute atomic E-state index is 4.38. The molecule has 3 aromatic rings. The third-order valence-electron chi connectivity index (χ3n) is 4.19. The van der Waals surface area contributed by atoms with Crippen LogP contribution in [0.5, 0.6) is 0 Å². The van der Waals surface area contributed by atoms with E-state index in [1.807, 2.05) is 4.68 Å². The van der Waals surface area contributed by atoms with Gasteiger partial charge in [0.15, 0.2) is 0 Å². The summed E-state index contributed by atoms with van der Waals surface area (Å²) < 4.78 is 1.92. The van der Waals surface area contributed by atoms with Gasteiger partial charge >= 0.3 is 0 Å². The number of nitrogens with zero attached hydrogens (tertiary/aromatic N) is 3. The SMILES string of the molecule is Cc1ccc(C2=C[C@@H](c3ccc(C)cc3)n3ncnc3N2)cc1. The minimum absolute atomic E-state index is 0.0469. The fourth-order valence-electron chi connectivity index (χ4n) is 2.84. The summed E-state index contributed by atoms with van der Waals surface area (Å²) in [6.45, 7) is 4.19. The molecular weight excluding hydrogens is 284 g/mol. The summed E-state index contributed by atoms with van der Waals surface area (Å²) in [5, 5.41) is 7.75. The van der Waals surface area contributed by atoms with Crippen molar-refractivity contribution >= 4 is 11.6 Å². The third kappa shape index (κ3) is 2.52. The number of anilines is 1. The molecule has 0 aliphatic carbocycles. The van der Waals surface area contributed by atoms with Crippen molar-refractivity contribution in [2.75, 3.05) is 5.32 Å².